The number of benzene rings is 1. The lowest BCUT2D eigenvalue weighted by molar-refractivity contribution is 0.385. The van der Waals surface area contributed by atoms with Gasteiger partial charge in [-0.1, -0.05) is 0 Å². The Morgan fingerprint density at radius 2 is 2.14 bits per heavy atom. The number of nitrogens with zero attached hydrogens (tertiary/aromatic N) is 3. The molecule has 21 heavy (non-hydrogen) atoms. The first kappa shape index (κ1) is 13.9. The lowest BCUT2D eigenvalue weighted by Gasteiger charge is -2.15. The van der Waals surface area contributed by atoms with E-state index >= 15 is 0 Å². The van der Waals surface area contributed by atoms with Crippen LogP contribution in [0.5, 0.6) is 5.75 Å². The van der Waals surface area contributed by atoms with Crippen LogP contribution in [0.4, 0.5) is 4.39 Å². The number of rotatable bonds is 3. The molecular weight excluding hydrogens is 297 g/mol. The van der Waals surface area contributed by atoms with Crippen molar-refractivity contribution in [3.63, 3.8) is 0 Å². The Kier molecular flexibility index (Phi) is 3.34. The third-order valence-corrected chi connectivity index (χ3v) is 5.10. The van der Waals surface area contributed by atoms with E-state index in [9.17, 15) is 12.8 Å². The lowest BCUT2D eigenvalue weighted by atomic mass is 10.3. The standard InChI is InChI=1S/C13H12FN3O3S/c1-20-13-3-2-10(4-11(13)14)21(18,19)17-6-9-5-15-8-16-12(9)7-17/h2-5,8H,6-7H2,1H3. The Labute approximate surface area is 121 Å². The van der Waals surface area contributed by atoms with Crippen LogP contribution in [0.1, 0.15) is 11.3 Å². The minimum atomic E-state index is -3.78. The molecule has 110 valence electrons. The van der Waals surface area contributed by atoms with Crippen LogP contribution in [-0.4, -0.2) is 29.8 Å². The topological polar surface area (TPSA) is 72.4 Å². The Morgan fingerprint density at radius 3 is 2.81 bits per heavy atom. The summed E-state index contributed by atoms with van der Waals surface area (Å²) in [4.78, 5) is 7.81. The van der Waals surface area contributed by atoms with Crippen molar-refractivity contribution in [1.29, 1.82) is 0 Å². The minimum absolute atomic E-state index is 0.00419. The molecule has 0 fully saturated rings. The van der Waals surface area contributed by atoms with Crippen molar-refractivity contribution in [2.45, 2.75) is 18.0 Å². The molecule has 1 aliphatic rings. The van der Waals surface area contributed by atoms with Crippen molar-refractivity contribution >= 4 is 10.0 Å². The summed E-state index contributed by atoms with van der Waals surface area (Å²) in [5.41, 5.74) is 1.43. The highest BCUT2D eigenvalue weighted by Gasteiger charge is 2.32. The Morgan fingerprint density at radius 1 is 1.33 bits per heavy atom. The number of aromatic nitrogens is 2. The fourth-order valence-corrected chi connectivity index (χ4v) is 3.59. The largest absolute Gasteiger partial charge is 0.494 e. The van der Waals surface area contributed by atoms with Crippen molar-refractivity contribution in [3.05, 3.63) is 47.8 Å². The summed E-state index contributed by atoms with van der Waals surface area (Å²) < 4.78 is 44.8. The van der Waals surface area contributed by atoms with E-state index in [0.29, 0.717) is 5.69 Å². The van der Waals surface area contributed by atoms with Crippen LogP contribution < -0.4 is 4.74 Å². The van der Waals surface area contributed by atoms with Crippen molar-refractivity contribution in [2.75, 3.05) is 7.11 Å². The molecule has 0 spiro atoms. The van der Waals surface area contributed by atoms with E-state index in [-0.39, 0.29) is 23.7 Å². The Bertz CT molecular complexity index is 770. The number of sulfonamides is 1. The molecule has 0 N–H and O–H groups in total. The number of halogens is 1. The maximum atomic E-state index is 13.7. The number of ether oxygens (including phenoxy) is 1. The third kappa shape index (κ3) is 2.36. The number of hydrogen-bond acceptors (Lipinski definition) is 5. The molecule has 0 unspecified atom stereocenters. The molecule has 0 radical (unpaired) electrons. The van der Waals surface area contributed by atoms with Crippen LogP contribution in [0.25, 0.3) is 0 Å². The van der Waals surface area contributed by atoms with E-state index in [2.05, 4.69) is 9.97 Å². The van der Waals surface area contributed by atoms with Gasteiger partial charge in [-0.3, -0.25) is 0 Å². The second kappa shape index (κ2) is 5.05. The summed E-state index contributed by atoms with van der Waals surface area (Å²) >= 11 is 0. The molecule has 1 aliphatic heterocycles. The van der Waals surface area contributed by atoms with Gasteiger partial charge in [-0.05, 0) is 18.2 Å². The molecular formula is C13H12FN3O3S. The number of fused-ring (bicyclic) bond motifs is 1. The van der Waals surface area contributed by atoms with Gasteiger partial charge in [0.2, 0.25) is 10.0 Å². The predicted octanol–water partition coefficient (Wildman–Crippen LogP) is 1.33. The molecule has 2 heterocycles. The van der Waals surface area contributed by atoms with Crippen molar-refractivity contribution in [3.8, 4) is 5.75 Å². The minimum Gasteiger partial charge on any atom is -0.494 e. The van der Waals surface area contributed by atoms with Gasteiger partial charge >= 0.3 is 0 Å². The summed E-state index contributed by atoms with van der Waals surface area (Å²) in [5, 5.41) is 0. The zero-order valence-electron chi connectivity index (χ0n) is 11.2. The van der Waals surface area contributed by atoms with Gasteiger partial charge in [0.05, 0.1) is 24.2 Å². The van der Waals surface area contributed by atoms with Crippen LogP contribution in [0.2, 0.25) is 0 Å². The first-order chi connectivity index (χ1) is 10.0. The molecule has 1 aromatic carbocycles. The zero-order chi connectivity index (χ0) is 15.0. The molecule has 8 heteroatoms. The number of methoxy groups -OCH3 is 1. The maximum Gasteiger partial charge on any atom is 0.243 e. The average molecular weight is 309 g/mol. The van der Waals surface area contributed by atoms with E-state index in [1.54, 1.807) is 6.20 Å². The normalized spacial score (nSPS) is 15.0. The molecule has 0 atom stereocenters. The summed E-state index contributed by atoms with van der Waals surface area (Å²) in [6.07, 6.45) is 2.97. The van der Waals surface area contributed by atoms with Gasteiger partial charge in [0.1, 0.15) is 6.33 Å². The Balaban J connectivity index is 1.94. The highest BCUT2D eigenvalue weighted by molar-refractivity contribution is 7.89. The number of hydrogen-bond donors (Lipinski definition) is 0. The molecule has 0 bridgehead atoms. The summed E-state index contributed by atoms with van der Waals surface area (Å²) in [7, 11) is -2.46. The SMILES string of the molecule is COc1ccc(S(=O)(=O)N2Cc3cncnc3C2)cc1F. The molecule has 0 saturated heterocycles. The fourth-order valence-electron chi connectivity index (χ4n) is 2.20. The summed E-state index contributed by atoms with van der Waals surface area (Å²) in [5.74, 6) is -0.709. The molecule has 6 nitrogen and oxygen atoms in total. The smallest absolute Gasteiger partial charge is 0.243 e. The van der Waals surface area contributed by atoms with Gasteiger partial charge in [0, 0.05) is 18.3 Å². The van der Waals surface area contributed by atoms with Gasteiger partial charge in [0.25, 0.3) is 0 Å². The van der Waals surface area contributed by atoms with E-state index in [1.807, 2.05) is 0 Å². The first-order valence-corrected chi connectivity index (χ1v) is 7.58. The van der Waals surface area contributed by atoms with Gasteiger partial charge < -0.3 is 4.74 Å². The predicted molar refractivity (Wildman–Crippen MR) is 71.4 cm³/mol. The second-order valence-electron chi connectivity index (χ2n) is 4.56. The molecule has 0 aliphatic carbocycles. The first-order valence-electron chi connectivity index (χ1n) is 6.14. The van der Waals surface area contributed by atoms with Gasteiger partial charge in [-0.25, -0.2) is 22.8 Å². The van der Waals surface area contributed by atoms with E-state index < -0.39 is 15.8 Å². The lowest BCUT2D eigenvalue weighted by Crippen LogP contribution is -2.25. The quantitative estimate of drug-likeness (QED) is 0.855. The van der Waals surface area contributed by atoms with Crippen molar-refractivity contribution in [2.24, 2.45) is 0 Å². The van der Waals surface area contributed by atoms with E-state index in [4.69, 9.17) is 4.74 Å². The molecule has 2 aromatic rings. The highest BCUT2D eigenvalue weighted by atomic mass is 32.2. The van der Waals surface area contributed by atoms with Crippen LogP contribution in [0, 0.1) is 5.82 Å². The van der Waals surface area contributed by atoms with Gasteiger partial charge in [-0.15, -0.1) is 0 Å². The highest BCUT2D eigenvalue weighted by Crippen LogP contribution is 2.28. The second-order valence-corrected chi connectivity index (χ2v) is 6.50. The van der Waals surface area contributed by atoms with Crippen LogP contribution in [-0.2, 0) is 23.1 Å². The van der Waals surface area contributed by atoms with Crippen LogP contribution in [0.15, 0.2) is 35.6 Å². The average Bonchev–Trinajstić information content (AvgIpc) is 2.92. The summed E-state index contributed by atoms with van der Waals surface area (Å²) in [6.45, 7) is 0.347. The molecule has 3 rings (SSSR count). The van der Waals surface area contributed by atoms with Gasteiger partial charge in [-0.2, -0.15) is 4.31 Å². The Hall–Kier alpha value is -2.06. The molecule has 0 saturated carbocycles. The van der Waals surface area contributed by atoms with Crippen molar-refractivity contribution in [1.82, 2.24) is 14.3 Å². The van der Waals surface area contributed by atoms with E-state index in [1.165, 1.54) is 29.9 Å². The third-order valence-electron chi connectivity index (χ3n) is 3.32. The molecule has 1 aromatic heterocycles. The van der Waals surface area contributed by atoms with Gasteiger partial charge in [0.15, 0.2) is 11.6 Å². The van der Waals surface area contributed by atoms with Crippen LogP contribution in [0.3, 0.4) is 0 Å². The monoisotopic (exact) mass is 309 g/mol. The van der Waals surface area contributed by atoms with Crippen LogP contribution >= 0.6 is 0 Å². The molecule has 0 amide bonds. The maximum absolute atomic E-state index is 13.7. The van der Waals surface area contributed by atoms with E-state index in [0.717, 1.165) is 11.6 Å². The van der Waals surface area contributed by atoms with Crippen molar-refractivity contribution < 1.29 is 17.5 Å². The fraction of sp³-hybridized carbons (Fsp3) is 0.231. The summed E-state index contributed by atoms with van der Waals surface area (Å²) in [6, 6.07) is 3.58. The zero-order valence-corrected chi connectivity index (χ0v) is 12.0.